The summed E-state index contributed by atoms with van der Waals surface area (Å²) in [5, 5.41) is 16.5. The van der Waals surface area contributed by atoms with Crippen molar-refractivity contribution in [3.8, 4) is 5.75 Å². The maximum atomic E-state index is 12.8. The van der Waals surface area contributed by atoms with Gasteiger partial charge in [-0.1, -0.05) is 12.1 Å². The van der Waals surface area contributed by atoms with Crippen LogP contribution in [0.1, 0.15) is 31.1 Å². The van der Waals surface area contributed by atoms with Gasteiger partial charge in [-0.25, -0.2) is 4.79 Å². The van der Waals surface area contributed by atoms with Crippen molar-refractivity contribution in [3.63, 3.8) is 0 Å². The highest BCUT2D eigenvalue weighted by Crippen LogP contribution is 2.22. The summed E-state index contributed by atoms with van der Waals surface area (Å²) in [5.74, 6) is -1.42. The summed E-state index contributed by atoms with van der Waals surface area (Å²) in [5.41, 5.74) is 0.120. The van der Waals surface area contributed by atoms with Crippen molar-refractivity contribution in [3.05, 3.63) is 93.5 Å². The number of non-ortho nitro benzene ring substituents is 1. The average Bonchev–Trinajstić information content (AvgIpc) is 2.83. The Morgan fingerprint density at radius 2 is 1.52 bits per heavy atom. The number of para-hydroxylation sites is 1. The molecule has 3 aromatic carbocycles. The number of carbonyl (C=O) groups is 3. The first-order valence-corrected chi connectivity index (χ1v) is 9.56. The van der Waals surface area contributed by atoms with Gasteiger partial charge in [0.1, 0.15) is 5.75 Å². The van der Waals surface area contributed by atoms with E-state index >= 15 is 0 Å². The number of esters is 1. The number of hydrogen-bond donors (Lipinski definition) is 2. The molecular weight excluding hydrogens is 430 g/mol. The van der Waals surface area contributed by atoms with Crippen LogP contribution in [0.5, 0.6) is 5.75 Å². The standard InChI is InChI=1S/C23H19N3O7/c1-32-18-9-7-16(8-10-18)24-22(28)19-5-3-4-6-20(19)25-21(27)14-11-15(23(29)33-2)13-17(12-14)26(30)31/h3-13H,1-2H3,(H,24,28)(H,25,27). The number of carbonyl (C=O) groups excluding carboxylic acids is 3. The summed E-state index contributed by atoms with van der Waals surface area (Å²) < 4.78 is 9.68. The summed E-state index contributed by atoms with van der Waals surface area (Å²) in [6.07, 6.45) is 0. The molecule has 33 heavy (non-hydrogen) atoms. The minimum absolute atomic E-state index is 0.144. The van der Waals surface area contributed by atoms with Crippen LogP contribution >= 0.6 is 0 Å². The van der Waals surface area contributed by atoms with Crippen LogP contribution in [0.25, 0.3) is 0 Å². The zero-order valence-electron chi connectivity index (χ0n) is 17.7. The number of hydrogen-bond acceptors (Lipinski definition) is 7. The molecule has 0 saturated heterocycles. The molecule has 0 aliphatic rings. The van der Waals surface area contributed by atoms with Gasteiger partial charge in [0.2, 0.25) is 0 Å². The molecule has 0 saturated carbocycles. The van der Waals surface area contributed by atoms with Crippen LogP contribution in [0.2, 0.25) is 0 Å². The quantitative estimate of drug-likeness (QED) is 0.317. The Morgan fingerprint density at radius 3 is 2.15 bits per heavy atom. The second kappa shape index (κ2) is 10.1. The van der Waals surface area contributed by atoms with E-state index in [1.165, 1.54) is 25.3 Å². The maximum Gasteiger partial charge on any atom is 0.338 e. The van der Waals surface area contributed by atoms with Gasteiger partial charge in [0.15, 0.2) is 0 Å². The molecule has 0 bridgehead atoms. The van der Waals surface area contributed by atoms with Crippen LogP contribution in [0.15, 0.2) is 66.7 Å². The molecule has 3 rings (SSSR count). The third kappa shape index (κ3) is 5.50. The average molecular weight is 449 g/mol. The second-order valence-corrected chi connectivity index (χ2v) is 6.70. The van der Waals surface area contributed by atoms with Crippen LogP contribution < -0.4 is 15.4 Å². The van der Waals surface area contributed by atoms with Crippen molar-refractivity contribution < 1.29 is 28.8 Å². The van der Waals surface area contributed by atoms with E-state index in [4.69, 9.17) is 4.74 Å². The molecule has 10 nitrogen and oxygen atoms in total. The van der Waals surface area contributed by atoms with E-state index < -0.39 is 28.4 Å². The van der Waals surface area contributed by atoms with Gasteiger partial charge in [0.05, 0.1) is 36.0 Å². The molecule has 0 spiro atoms. The molecule has 0 aromatic heterocycles. The summed E-state index contributed by atoms with van der Waals surface area (Å²) in [6.45, 7) is 0. The van der Waals surface area contributed by atoms with E-state index in [0.717, 1.165) is 19.2 Å². The third-order valence-corrected chi connectivity index (χ3v) is 4.58. The SMILES string of the molecule is COC(=O)c1cc(C(=O)Nc2ccccc2C(=O)Nc2ccc(OC)cc2)cc([N+](=O)[O-])c1. The molecule has 0 aliphatic carbocycles. The van der Waals surface area contributed by atoms with Crippen molar-refractivity contribution in [2.24, 2.45) is 0 Å². The highest BCUT2D eigenvalue weighted by Gasteiger charge is 2.20. The molecule has 0 aliphatic heterocycles. The van der Waals surface area contributed by atoms with Crippen molar-refractivity contribution in [1.29, 1.82) is 0 Å². The van der Waals surface area contributed by atoms with Crippen molar-refractivity contribution in [1.82, 2.24) is 0 Å². The van der Waals surface area contributed by atoms with Crippen LogP contribution in [0.4, 0.5) is 17.1 Å². The zero-order valence-corrected chi connectivity index (χ0v) is 17.7. The van der Waals surface area contributed by atoms with Crippen LogP contribution in [0, 0.1) is 10.1 Å². The Labute approximate surface area is 188 Å². The first-order valence-electron chi connectivity index (χ1n) is 9.56. The van der Waals surface area contributed by atoms with Gasteiger partial charge < -0.3 is 20.1 Å². The van der Waals surface area contributed by atoms with E-state index in [0.29, 0.717) is 11.4 Å². The number of nitrogens with one attached hydrogen (secondary N) is 2. The highest BCUT2D eigenvalue weighted by atomic mass is 16.6. The highest BCUT2D eigenvalue weighted by molar-refractivity contribution is 6.13. The lowest BCUT2D eigenvalue weighted by Crippen LogP contribution is -2.19. The van der Waals surface area contributed by atoms with Crippen molar-refractivity contribution in [2.75, 3.05) is 24.9 Å². The topological polar surface area (TPSA) is 137 Å². The number of amides is 2. The number of nitro groups is 1. The molecule has 2 N–H and O–H groups in total. The molecule has 0 atom stereocenters. The minimum atomic E-state index is -0.827. The lowest BCUT2D eigenvalue weighted by atomic mass is 10.1. The van der Waals surface area contributed by atoms with Crippen LogP contribution in [-0.2, 0) is 4.74 Å². The van der Waals surface area contributed by atoms with Gasteiger partial charge in [0.25, 0.3) is 17.5 Å². The molecular formula is C23H19N3O7. The number of nitro benzene ring substituents is 1. The summed E-state index contributed by atoms with van der Waals surface area (Å²) in [7, 11) is 2.65. The normalized spacial score (nSPS) is 10.1. The van der Waals surface area contributed by atoms with Gasteiger partial charge in [-0.2, -0.15) is 0 Å². The minimum Gasteiger partial charge on any atom is -0.497 e. The van der Waals surface area contributed by atoms with Crippen LogP contribution in [0.3, 0.4) is 0 Å². The van der Waals surface area contributed by atoms with Gasteiger partial charge in [-0.05, 0) is 42.5 Å². The van der Waals surface area contributed by atoms with E-state index in [1.807, 2.05) is 0 Å². The van der Waals surface area contributed by atoms with E-state index in [-0.39, 0.29) is 22.4 Å². The van der Waals surface area contributed by atoms with Gasteiger partial charge >= 0.3 is 5.97 Å². The fourth-order valence-corrected chi connectivity index (χ4v) is 2.94. The Morgan fingerprint density at radius 1 is 0.848 bits per heavy atom. The summed E-state index contributed by atoms with van der Waals surface area (Å²) >= 11 is 0. The smallest absolute Gasteiger partial charge is 0.338 e. The Hall–Kier alpha value is -4.73. The molecule has 0 radical (unpaired) electrons. The van der Waals surface area contributed by atoms with Crippen molar-refractivity contribution in [2.45, 2.75) is 0 Å². The summed E-state index contributed by atoms with van der Waals surface area (Å²) in [6, 6.07) is 16.2. The lowest BCUT2D eigenvalue weighted by molar-refractivity contribution is -0.384. The van der Waals surface area contributed by atoms with E-state index in [2.05, 4.69) is 15.4 Å². The van der Waals surface area contributed by atoms with Gasteiger partial charge in [0, 0.05) is 23.4 Å². The van der Waals surface area contributed by atoms with E-state index in [1.54, 1.807) is 36.4 Å². The summed E-state index contributed by atoms with van der Waals surface area (Å²) in [4.78, 5) is 47.9. The molecule has 10 heteroatoms. The predicted octanol–water partition coefficient (Wildman–Crippen LogP) is 3.89. The maximum absolute atomic E-state index is 12.8. The van der Waals surface area contributed by atoms with Crippen molar-refractivity contribution >= 4 is 34.8 Å². The zero-order chi connectivity index (χ0) is 24.0. The Balaban J connectivity index is 1.86. The largest absolute Gasteiger partial charge is 0.497 e. The number of anilines is 2. The Bertz CT molecular complexity index is 1220. The predicted molar refractivity (Wildman–Crippen MR) is 120 cm³/mol. The molecule has 0 heterocycles. The van der Waals surface area contributed by atoms with Crippen LogP contribution in [-0.4, -0.2) is 36.9 Å². The number of benzene rings is 3. The molecule has 0 unspecified atom stereocenters. The fraction of sp³-hybridized carbons (Fsp3) is 0.0870. The fourth-order valence-electron chi connectivity index (χ4n) is 2.94. The monoisotopic (exact) mass is 449 g/mol. The number of methoxy groups -OCH3 is 2. The number of ether oxygens (including phenoxy) is 2. The van der Waals surface area contributed by atoms with Gasteiger partial charge in [-0.3, -0.25) is 19.7 Å². The number of rotatable bonds is 7. The molecule has 2 amide bonds. The first-order chi connectivity index (χ1) is 15.8. The lowest BCUT2D eigenvalue weighted by Gasteiger charge is -2.12. The second-order valence-electron chi connectivity index (χ2n) is 6.70. The first kappa shape index (κ1) is 22.9. The molecule has 168 valence electrons. The number of nitrogens with zero attached hydrogens (tertiary/aromatic N) is 1. The van der Waals surface area contributed by atoms with Gasteiger partial charge in [-0.15, -0.1) is 0 Å². The Kier molecular flexibility index (Phi) is 6.99. The third-order valence-electron chi connectivity index (χ3n) is 4.58. The molecule has 0 fully saturated rings. The molecule has 3 aromatic rings. The van der Waals surface area contributed by atoms with E-state index in [9.17, 15) is 24.5 Å².